The number of methoxy groups -OCH3 is 1. The van der Waals surface area contributed by atoms with Crippen LogP contribution in [0.3, 0.4) is 0 Å². The topological polar surface area (TPSA) is 86.0 Å². The number of nitrogens with two attached hydrogens (primary N) is 1. The van der Waals surface area contributed by atoms with Gasteiger partial charge in [0.2, 0.25) is 0 Å². The summed E-state index contributed by atoms with van der Waals surface area (Å²) in [6.07, 6.45) is 1.84. The van der Waals surface area contributed by atoms with Gasteiger partial charge in [-0.05, 0) is 18.6 Å². The van der Waals surface area contributed by atoms with E-state index in [-0.39, 0.29) is 0 Å². The molecule has 19 heavy (non-hydrogen) atoms. The molecule has 6 heteroatoms. The van der Waals surface area contributed by atoms with E-state index in [1.807, 2.05) is 25.3 Å². The fourth-order valence-electron chi connectivity index (χ4n) is 1.60. The second kappa shape index (κ2) is 6.10. The molecule has 0 unspecified atom stereocenters. The van der Waals surface area contributed by atoms with Crippen LogP contribution in [0.5, 0.6) is 0 Å². The Bertz CT molecular complexity index is 541. The Morgan fingerprint density at radius 3 is 2.84 bits per heavy atom. The minimum absolute atomic E-state index is 0.339. The second-order valence-corrected chi connectivity index (χ2v) is 4.19. The Morgan fingerprint density at radius 2 is 2.16 bits per heavy atom. The highest BCUT2D eigenvalue weighted by atomic mass is 16.5. The zero-order valence-corrected chi connectivity index (χ0v) is 11.1. The maximum Gasteiger partial charge on any atom is 0.158 e. The van der Waals surface area contributed by atoms with Crippen LogP contribution in [0.1, 0.15) is 17.1 Å². The number of hydrogen-bond donors (Lipinski definition) is 2. The van der Waals surface area contributed by atoms with Gasteiger partial charge < -0.3 is 15.8 Å². The molecule has 0 amide bonds. The van der Waals surface area contributed by atoms with Crippen LogP contribution in [0.2, 0.25) is 0 Å². The van der Waals surface area contributed by atoms with Crippen LogP contribution in [-0.2, 0) is 17.9 Å². The molecule has 0 fully saturated rings. The molecule has 2 heterocycles. The Labute approximate surface area is 112 Å². The normalized spacial score (nSPS) is 10.4. The van der Waals surface area contributed by atoms with E-state index in [1.165, 1.54) is 0 Å². The lowest BCUT2D eigenvalue weighted by molar-refractivity contribution is 0.178. The smallest absolute Gasteiger partial charge is 0.158 e. The average molecular weight is 259 g/mol. The third-order valence-electron chi connectivity index (χ3n) is 2.51. The van der Waals surface area contributed by atoms with Gasteiger partial charge >= 0.3 is 0 Å². The van der Waals surface area contributed by atoms with Crippen molar-refractivity contribution in [1.29, 1.82) is 0 Å². The lowest BCUT2D eigenvalue weighted by atomic mass is 10.2. The summed E-state index contributed by atoms with van der Waals surface area (Å²) in [5.74, 6) is 1.67. The number of nitrogens with one attached hydrogen (secondary N) is 1. The second-order valence-electron chi connectivity index (χ2n) is 4.19. The quantitative estimate of drug-likeness (QED) is 0.846. The summed E-state index contributed by atoms with van der Waals surface area (Å²) in [7, 11) is 1.59. The molecule has 0 saturated carbocycles. The van der Waals surface area contributed by atoms with Crippen molar-refractivity contribution in [1.82, 2.24) is 15.0 Å². The maximum absolute atomic E-state index is 5.72. The number of nitrogens with zero attached hydrogens (tertiary/aromatic N) is 3. The van der Waals surface area contributed by atoms with Gasteiger partial charge in [0, 0.05) is 31.6 Å². The van der Waals surface area contributed by atoms with Gasteiger partial charge in [0.05, 0.1) is 0 Å². The van der Waals surface area contributed by atoms with Gasteiger partial charge in [-0.15, -0.1) is 0 Å². The zero-order chi connectivity index (χ0) is 13.7. The highest BCUT2D eigenvalue weighted by Gasteiger charge is 2.02. The molecule has 6 nitrogen and oxygen atoms in total. The molecule has 0 aromatic carbocycles. The minimum Gasteiger partial charge on any atom is -0.384 e. The summed E-state index contributed by atoms with van der Waals surface area (Å²) in [5.41, 5.74) is 7.80. The van der Waals surface area contributed by atoms with Crippen LogP contribution in [0.25, 0.3) is 0 Å². The lowest BCUT2D eigenvalue weighted by Crippen LogP contribution is -2.07. The predicted octanol–water partition coefficient (Wildman–Crippen LogP) is 1.52. The number of rotatable bonds is 5. The largest absolute Gasteiger partial charge is 0.384 e. The van der Waals surface area contributed by atoms with Crippen molar-refractivity contribution in [3.8, 4) is 0 Å². The Kier molecular flexibility index (Phi) is 4.25. The van der Waals surface area contributed by atoms with E-state index in [0.717, 1.165) is 11.3 Å². The summed E-state index contributed by atoms with van der Waals surface area (Å²) in [4.78, 5) is 12.6. The summed E-state index contributed by atoms with van der Waals surface area (Å²) in [5, 5.41) is 3.19. The van der Waals surface area contributed by atoms with E-state index in [9.17, 15) is 0 Å². The van der Waals surface area contributed by atoms with Crippen LogP contribution in [0.4, 0.5) is 11.6 Å². The van der Waals surface area contributed by atoms with E-state index in [4.69, 9.17) is 10.5 Å². The van der Waals surface area contributed by atoms with Gasteiger partial charge in [0.1, 0.15) is 18.2 Å². The first-order valence-electron chi connectivity index (χ1n) is 5.95. The third-order valence-corrected chi connectivity index (χ3v) is 2.51. The molecule has 0 atom stereocenters. The summed E-state index contributed by atoms with van der Waals surface area (Å²) >= 11 is 0. The van der Waals surface area contributed by atoms with E-state index in [0.29, 0.717) is 30.6 Å². The summed E-state index contributed by atoms with van der Waals surface area (Å²) in [6, 6.07) is 5.69. The molecule has 0 aliphatic carbocycles. The van der Waals surface area contributed by atoms with Gasteiger partial charge in [0.15, 0.2) is 5.82 Å². The number of anilines is 2. The van der Waals surface area contributed by atoms with Gasteiger partial charge in [0.25, 0.3) is 0 Å². The zero-order valence-electron chi connectivity index (χ0n) is 11.1. The van der Waals surface area contributed by atoms with Gasteiger partial charge in [-0.2, -0.15) is 0 Å². The van der Waals surface area contributed by atoms with Crippen molar-refractivity contribution in [2.45, 2.75) is 20.1 Å². The third kappa shape index (κ3) is 3.89. The van der Waals surface area contributed by atoms with Crippen molar-refractivity contribution < 1.29 is 4.74 Å². The molecule has 0 aliphatic rings. The molecule has 0 saturated heterocycles. The van der Waals surface area contributed by atoms with Crippen molar-refractivity contribution in [2.24, 2.45) is 0 Å². The standard InChI is InChI=1S/C13H17N5O/c1-9-3-4-10(6-15-9)7-16-12-5-11(14)17-13(18-12)8-19-2/h3-6H,7-8H2,1-2H3,(H3,14,16,17,18). The molecule has 100 valence electrons. The minimum atomic E-state index is 0.339. The van der Waals surface area contributed by atoms with Crippen LogP contribution in [-0.4, -0.2) is 22.1 Å². The molecule has 0 bridgehead atoms. The maximum atomic E-state index is 5.72. The summed E-state index contributed by atoms with van der Waals surface area (Å²) in [6.45, 7) is 2.93. The molecular weight excluding hydrogens is 242 g/mol. The van der Waals surface area contributed by atoms with E-state index in [2.05, 4.69) is 20.3 Å². The first-order chi connectivity index (χ1) is 9.17. The molecule has 2 aromatic rings. The number of ether oxygens (including phenoxy) is 1. The number of aromatic nitrogens is 3. The van der Waals surface area contributed by atoms with Crippen molar-refractivity contribution in [3.05, 3.63) is 41.5 Å². The Balaban J connectivity index is 2.04. The number of hydrogen-bond acceptors (Lipinski definition) is 6. The van der Waals surface area contributed by atoms with Gasteiger partial charge in [-0.25, -0.2) is 9.97 Å². The van der Waals surface area contributed by atoms with Crippen LogP contribution in [0, 0.1) is 6.92 Å². The molecule has 0 spiro atoms. The summed E-state index contributed by atoms with van der Waals surface area (Å²) < 4.78 is 5.00. The monoisotopic (exact) mass is 259 g/mol. The number of pyridine rings is 1. The highest BCUT2D eigenvalue weighted by molar-refractivity contribution is 5.44. The van der Waals surface area contributed by atoms with Crippen molar-refractivity contribution in [3.63, 3.8) is 0 Å². The molecule has 2 aromatic heterocycles. The van der Waals surface area contributed by atoms with Crippen molar-refractivity contribution >= 4 is 11.6 Å². The van der Waals surface area contributed by atoms with E-state index < -0.39 is 0 Å². The van der Waals surface area contributed by atoms with Crippen LogP contribution < -0.4 is 11.1 Å². The molecule has 0 radical (unpaired) electrons. The molecule has 3 N–H and O–H groups in total. The number of aryl methyl sites for hydroxylation is 1. The van der Waals surface area contributed by atoms with E-state index >= 15 is 0 Å². The van der Waals surface area contributed by atoms with Crippen LogP contribution in [0.15, 0.2) is 24.4 Å². The lowest BCUT2D eigenvalue weighted by Gasteiger charge is -2.08. The first-order valence-corrected chi connectivity index (χ1v) is 5.95. The molecule has 2 rings (SSSR count). The van der Waals surface area contributed by atoms with Crippen molar-refractivity contribution in [2.75, 3.05) is 18.2 Å². The highest BCUT2D eigenvalue weighted by Crippen LogP contribution is 2.10. The van der Waals surface area contributed by atoms with E-state index in [1.54, 1.807) is 13.2 Å². The Morgan fingerprint density at radius 1 is 1.32 bits per heavy atom. The fourth-order valence-corrected chi connectivity index (χ4v) is 1.60. The first kappa shape index (κ1) is 13.2. The van der Waals surface area contributed by atoms with Crippen LogP contribution >= 0.6 is 0 Å². The molecule has 0 aliphatic heterocycles. The number of nitrogen functional groups attached to an aromatic ring is 1. The SMILES string of the molecule is COCc1nc(N)cc(NCc2ccc(C)nc2)n1. The van der Waals surface area contributed by atoms with Gasteiger partial charge in [-0.3, -0.25) is 4.98 Å². The van der Waals surface area contributed by atoms with Gasteiger partial charge in [-0.1, -0.05) is 6.07 Å². The predicted molar refractivity (Wildman–Crippen MR) is 73.5 cm³/mol. The molecular formula is C13H17N5O. The fraction of sp³-hybridized carbons (Fsp3) is 0.308. The Hall–Kier alpha value is -2.21. The average Bonchev–Trinajstić information content (AvgIpc) is 2.38.